The van der Waals surface area contributed by atoms with E-state index in [-0.39, 0.29) is 13.7 Å². The number of alkyl halides is 9. The predicted molar refractivity (Wildman–Crippen MR) is 155 cm³/mol. The number of aromatic nitrogens is 6. The van der Waals surface area contributed by atoms with E-state index in [0.29, 0.717) is 0 Å². The van der Waals surface area contributed by atoms with Crippen LogP contribution in [0.4, 0.5) is 57.0 Å². The molecule has 3 aromatic heterocycles. The van der Waals surface area contributed by atoms with Crippen molar-refractivity contribution in [2.45, 2.75) is 77.2 Å². The van der Waals surface area contributed by atoms with Crippen molar-refractivity contribution < 1.29 is 67.9 Å². The molecular weight excluding hydrogens is 831 g/mol. The molecule has 290 valence electrons. The van der Waals surface area contributed by atoms with Gasteiger partial charge in [0.25, 0.3) is 0 Å². The molecule has 3 unspecified atom stereocenters. The molecule has 52 heavy (non-hydrogen) atoms. The Morgan fingerprint density at radius 2 is 0.788 bits per heavy atom. The minimum absolute atomic E-state index is 0.00765. The van der Waals surface area contributed by atoms with Crippen molar-refractivity contribution >= 4 is 60.9 Å². The first-order chi connectivity index (χ1) is 23.6. The average molecular weight is 849 g/mol. The molecule has 0 spiro atoms. The van der Waals surface area contributed by atoms with E-state index in [1.54, 1.807) is 0 Å². The smallest absolute Gasteiger partial charge is 0.358 e. The molecule has 0 radical (unpaired) electrons. The SMILES string of the molecule is CC(Cn1c(C(F)(F)F)nc(Cl)c1[N+](=O)[O-])OP(OC(C)Cn1c(C(F)(F)F)nc(Cl)c1[N+](=O)[O-])OC(C)Cn1c(C(F)(F)F)nc(Cl)c1[N+](=O)[O-]. The summed E-state index contributed by atoms with van der Waals surface area (Å²) in [5, 5.41) is 30.9. The van der Waals surface area contributed by atoms with Crippen molar-refractivity contribution in [3.8, 4) is 0 Å². The van der Waals surface area contributed by atoms with Crippen LogP contribution in [0.3, 0.4) is 0 Å². The maximum Gasteiger partial charge on any atom is 0.473 e. The number of hydrogen-bond acceptors (Lipinski definition) is 12. The van der Waals surface area contributed by atoms with Gasteiger partial charge in [-0.2, -0.15) is 68.2 Å². The standard InChI is InChI=1S/C21H18Cl3F9N9O9P/c1-7(4-37-13(40(43)44)10(22)34-16(37)19(25,26)27)49-52(50-8(2)5-38-14(41(45)46)11(23)35-17(38)20(28,29)30)51-9(3)6-39-15(42(47)48)12(24)36-18(39)21(31,32)33/h7-9H,4-6H2,1-3H3. The highest BCUT2D eigenvalue weighted by Gasteiger charge is 2.48. The van der Waals surface area contributed by atoms with Crippen molar-refractivity contribution in [1.29, 1.82) is 0 Å². The van der Waals surface area contributed by atoms with Crippen LogP contribution in [0, 0.1) is 30.3 Å². The number of nitro groups is 3. The van der Waals surface area contributed by atoms with Gasteiger partial charge in [0.1, 0.15) is 37.9 Å². The van der Waals surface area contributed by atoms with Crippen LogP contribution in [-0.4, -0.2) is 61.7 Å². The number of hydrogen-bond donors (Lipinski definition) is 0. The Kier molecular flexibility index (Phi) is 13.0. The van der Waals surface area contributed by atoms with Crippen molar-refractivity contribution in [2.75, 3.05) is 0 Å². The van der Waals surface area contributed by atoms with Gasteiger partial charge in [0.15, 0.2) is 0 Å². The Balaban J connectivity index is 2.02. The third-order valence-corrected chi connectivity index (χ3v) is 8.45. The van der Waals surface area contributed by atoms with Crippen molar-refractivity contribution in [2.24, 2.45) is 0 Å². The van der Waals surface area contributed by atoms with Crippen LogP contribution < -0.4 is 0 Å². The summed E-state index contributed by atoms with van der Waals surface area (Å²) in [6.45, 7) is -0.332. The van der Waals surface area contributed by atoms with Crippen LogP contribution in [0.1, 0.15) is 38.2 Å². The maximum absolute atomic E-state index is 13.7. The van der Waals surface area contributed by atoms with Gasteiger partial charge >= 0.3 is 62.1 Å². The Hall–Kier alpha value is -3.62. The molecule has 0 aromatic carbocycles. The normalized spacial score (nSPS) is 15.1. The first kappa shape index (κ1) is 42.8. The first-order valence-electron chi connectivity index (χ1n) is 13.4. The average Bonchev–Trinajstić information content (AvgIpc) is 3.57. The molecule has 31 heteroatoms. The molecule has 0 aliphatic heterocycles. The lowest BCUT2D eigenvalue weighted by Crippen LogP contribution is -2.26. The molecule has 0 saturated heterocycles. The van der Waals surface area contributed by atoms with Crippen LogP contribution in [0.2, 0.25) is 15.5 Å². The zero-order valence-corrected chi connectivity index (χ0v) is 28.7. The summed E-state index contributed by atoms with van der Waals surface area (Å²) in [6, 6.07) is 0. The van der Waals surface area contributed by atoms with E-state index in [4.69, 9.17) is 48.4 Å². The molecule has 3 atom stereocenters. The van der Waals surface area contributed by atoms with Gasteiger partial charge in [-0.15, -0.1) is 0 Å². The van der Waals surface area contributed by atoms with Crippen LogP contribution >= 0.6 is 43.4 Å². The number of imidazole rings is 3. The Morgan fingerprint density at radius 3 is 0.962 bits per heavy atom. The van der Waals surface area contributed by atoms with Crippen LogP contribution in [0.5, 0.6) is 0 Å². The van der Waals surface area contributed by atoms with Crippen LogP contribution in [-0.2, 0) is 51.7 Å². The van der Waals surface area contributed by atoms with Crippen molar-refractivity contribution in [1.82, 2.24) is 28.7 Å². The molecule has 0 aliphatic carbocycles. The largest absolute Gasteiger partial charge is 0.473 e. The second kappa shape index (κ2) is 15.8. The van der Waals surface area contributed by atoms with Gasteiger partial charge in [-0.1, -0.05) is 34.8 Å². The molecule has 3 aromatic rings. The fraction of sp³-hybridized carbons (Fsp3) is 0.571. The first-order valence-corrected chi connectivity index (χ1v) is 15.6. The minimum atomic E-state index is -5.31. The number of rotatable bonds is 15. The summed E-state index contributed by atoms with van der Waals surface area (Å²) < 4.78 is 139. The number of nitrogens with zero attached hydrogens (tertiary/aromatic N) is 9. The summed E-state index contributed by atoms with van der Waals surface area (Å²) in [5.74, 6) is -9.61. The summed E-state index contributed by atoms with van der Waals surface area (Å²) in [5.41, 5.74) is 0. The lowest BCUT2D eigenvalue weighted by molar-refractivity contribution is -0.392. The van der Waals surface area contributed by atoms with Gasteiger partial charge in [0.05, 0.1) is 0 Å². The minimum Gasteiger partial charge on any atom is -0.358 e. The highest BCUT2D eigenvalue weighted by Crippen LogP contribution is 2.46. The molecule has 0 amide bonds. The fourth-order valence-corrected chi connectivity index (χ4v) is 6.31. The number of halogens is 12. The Bertz CT molecular complexity index is 1630. The molecule has 3 heterocycles. The van der Waals surface area contributed by atoms with Gasteiger partial charge in [0, 0.05) is 0 Å². The summed E-state index contributed by atoms with van der Waals surface area (Å²) in [4.78, 5) is 39.4. The van der Waals surface area contributed by atoms with Gasteiger partial charge in [-0.05, 0) is 35.5 Å². The van der Waals surface area contributed by atoms with Gasteiger partial charge in [-0.25, -0.2) is 0 Å². The molecule has 0 saturated carbocycles. The van der Waals surface area contributed by atoms with E-state index >= 15 is 0 Å². The van der Waals surface area contributed by atoms with Crippen LogP contribution in [0.25, 0.3) is 0 Å². The molecule has 0 aliphatic rings. The Labute approximate surface area is 297 Å². The van der Waals surface area contributed by atoms with E-state index < -0.39 is 130 Å². The van der Waals surface area contributed by atoms with Gasteiger partial charge in [-0.3, -0.25) is 0 Å². The van der Waals surface area contributed by atoms with E-state index in [1.165, 1.54) is 0 Å². The van der Waals surface area contributed by atoms with Crippen LogP contribution in [0.15, 0.2) is 0 Å². The second-order valence-corrected chi connectivity index (χ2v) is 12.4. The monoisotopic (exact) mass is 847 g/mol. The lowest BCUT2D eigenvalue weighted by atomic mass is 10.4. The van der Waals surface area contributed by atoms with E-state index in [0.717, 1.165) is 20.8 Å². The molecule has 0 bridgehead atoms. The third kappa shape index (κ3) is 9.87. The Morgan fingerprint density at radius 1 is 0.577 bits per heavy atom. The quantitative estimate of drug-likeness (QED) is 0.0619. The molecule has 3 rings (SSSR count). The highest BCUT2D eigenvalue weighted by molar-refractivity contribution is 7.41. The zero-order valence-electron chi connectivity index (χ0n) is 25.5. The molecular formula is C21H18Cl3F9N9O9P. The fourth-order valence-electron chi connectivity index (χ4n) is 4.32. The zero-order chi connectivity index (χ0) is 39.8. The van der Waals surface area contributed by atoms with E-state index in [2.05, 4.69) is 15.0 Å². The molecule has 18 nitrogen and oxygen atoms in total. The second-order valence-electron chi connectivity index (χ2n) is 10.2. The van der Waals surface area contributed by atoms with Gasteiger partial charge < -0.3 is 43.9 Å². The highest BCUT2D eigenvalue weighted by atomic mass is 35.5. The van der Waals surface area contributed by atoms with Crippen molar-refractivity contribution in [3.63, 3.8) is 0 Å². The van der Waals surface area contributed by atoms with E-state index in [9.17, 15) is 69.9 Å². The lowest BCUT2D eigenvalue weighted by Gasteiger charge is -2.25. The van der Waals surface area contributed by atoms with Crippen molar-refractivity contribution in [3.05, 3.63) is 63.3 Å². The maximum atomic E-state index is 13.7. The molecule has 0 N–H and O–H groups in total. The topological polar surface area (TPSA) is 211 Å². The van der Waals surface area contributed by atoms with Gasteiger partial charge in [0.2, 0.25) is 15.5 Å². The van der Waals surface area contributed by atoms with E-state index in [1.807, 2.05) is 0 Å². The summed E-state index contributed by atoms with van der Waals surface area (Å²) >= 11 is 16.6. The predicted octanol–water partition coefficient (Wildman–Crippen LogP) is 7.86. The summed E-state index contributed by atoms with van der Waals surface area (Å²) in [7, 11) is -3.19. The summed E-state index contributed by atoms with van der Waals surface area (Å²) in [6.07, 6.45) is -20.9. The molecule has 0 fully saturated rings. The third-order valence-electron chi connectivity index (χ3n) is 6.10.